The largest absolute Gasteiger partial charge is 0.390 e. The summed E-state index contributed by atoms with van der Waals surface area (Å²) in [5.74, 6) is 1.00. The molecule has 1 aromatic heterocycles. The lowest BCUT2D eigenvalue weighted by atomic mass is 10.3. The lowest BCUT2D eigenvalue weighted by molar-refractivity contribution is -0.129. The first-order valence-corrected chi connectivity index (χ1v) is 6.53. The smallest absolute Gasteiger partial charge is 0.222 e. The van der Waals surface area contributed by atoms with E-state index in [4.69, 9.17) is 0 Å². The van der Waals surface area contributed by atoms with Crippen molar-refractivity contribution in [3.8, 4) is 0 Å². The van der Waals surface area contributed by atoms with E-state index in [1.54, 1.807) is 9.58 Å². The van der Waals surface area contributed by atoms with Gasteiger partial charge in [0.2, 0.25) is 5.91 Å². The third kappa shape index (κ3) is 3.74. The summed E-state index contributed by atoms with van der Waals surface area (Å²) in [6.07, 6.45) is 2.50. The van der Waals surface area contributed by atoms with Crippen LogP contribution in [0.25, 0.3) is 0 Å². The summed E-state index contributed by atoms with van der Waals surface area (Å²) >= 11 is 0. The van der Waals surface area contributed by atoms with Gasteiger partial charge in [-0.25, -0.2) is 4.98 Å². The molecule has 2 heterocycles. The van der Waals surface area contributed by atoms with Crippen LogP contribution in [0.2, 0.25) is 0 Å². The van der Waals surface area contributed by atoms with Crippen LogP contribution in [0.4, 0.5) is 0 Å². The molecular weight excluding hydrogens is 246 g/mol. The highest BCUT2D eigenvalue weighted by atomic mass is 16.3. The predicted octanol–water partition coefficient (Wildman–Crippen LogP) is -0.770. The maximum absolute atomic E-state index is 11.5. The highest BCUT2D eigenvalue weighted by molar-refractivity contribution is 5.78. The van der Waals surface area contributed by atoms with Gasteiger partial charge in [0.15, 0.2) is 0 Å². The maximum atomic E-state index is 11.5. The number of aromatic nitrogens is 3. The fourth-order valence-electron chi connectivity index (χ4n) is 2.34. The number of aliphatic hydroxyl groups is 1. The Morgan fingerprint density at radius 3 is 2.95 bits per heavy atom. The normalized spacial score (nSPS) is 17.5. The van der Waals surface area contributed by atoms with Crippen LogP contribution in [0.5, 0.6) is 0 Å². The third-order valence-electron chi connectivity index (χ3n) is 3.34. The first-order chi connectivity index (χ1) is 9.06. The van der Waals surface area contributed by atoms with Gasteiger partial charge in [0.05, 0.1) is 12.6 Å². The van der Waals surface area contributed by atoms with Gasteiger partial charge in [-0.2, -0.15) is 5.10 Å². The fourth-order valence-corrected chi connectivity index (χ4v) is 2.34. The van der Waals surface area contributed by atoms with E-state index in [9.17, 15) is 9.90 Å². The Hall–Kier alpha value is -1.47. The number of carbonyl (C=O) groups is 1. The van der Waals surface area contributed by atoms with E-state index in [1.165, 1.54) is 6.33 Å². The molecule has 1 aliphatic heterocycles. The van der Waals surface area contributed by atoms with Crippen LogP contribution in [0.3, 0.4) is 0 Å². The zero-order valence-corrected chi connectivity index (χ0v) is 11.5. The van der Waals surface area contributed by atoms with Crippen molar-refractivity contribution in [2.45, 2.75) is 25.5 Å². The Bertz CT molecular complexity index is 434. The molecule has 1 aromatic rings. The second-order valence-electron chi connectivity index (χ2n) is 5.09. The topological polar surface area (TPSA) is 74.5 Å². The molecule has 106 valence electrons. The first kappa shape index (κ1) is 14.0. The molecule has 0 aromatic carbocycles. The minimum absolute atomic E-state index is 0.148. The highest BCUT2D eigenvalue weighted by Crippen LogP contribution is 2.10. The van der Waals surface area contributed by atoms with E-state index >= 15 is 0 Å². The molecule has 7 nitrogen and oxygen atoms in total. The van der Waals surface area contributed by atoms with Gasteiger partial charge in [0.25, 0.3) is 0 Å². The Morgan fingerprint density at radius 1 is 1.58 bits per heavy atom. The second kappa shape index (κ2) is 6.12. The number of amides is 1. The zero-order chi connectivity index (χ0) is 13.8. The summed E-state index contributed by atoms with van der Waals surface area (Å²) in [7, 11) is 3.76. The number of β-amino-alcohol motifs (C(OH)–C–C–N with tert-alkyl or cyclic N) is 1. The molecule has 1 unspecified atom stereocenters. The van der Waals surface area contributed by atoms with Crippen LogP contribution in [0.1, 0.15) is 18.7 Å². The molecule has 1 saturated heterocycles. The number of carbonyl (C=O) groups excluding carboxylic acids is 1. The fraction of sp³-hybridized carbons (Fsp3) is 0.750. The minimum Gasteiger partial charge on any atom is -0.390 e. The first-order valence-electron chi connectivity index (χ1n) is 6.53. The van der Waals surface area contributed by atoms with Gasteiger partial charge in [-0.3, -0.25) is 14.4 Å². The van der Waals surface area contributed by atoms with Crippen molar-refractivity contribution in [2.24, 2.45) is 7.05 Å². The molecule has 1 fully saturated rings. The van der Waals surface area contributed by atoms with Crippen molar-refractivity contribution >= 4 is 5.91 Å². The SMILES string of the molecule is CN(Cc1ncnn1C)CC(O)CN1CCCC1=O. The molecule has 0 radical (unpaired) electrons. The van der Waals surface area contributed by atoms with Gasteiger partial charge in [0.1, 0.15) is 12.2 Å². The molecule has 1 aliphatic rings. The summed E-state index contributed by atoms with van der Waals surface area (Å²) in [5.41, 5.74) is 0. The van der Waals surface area contributed by atoms with Gasteiger partial charge in [-0.1, -0.05) is 0 Å². The molecule has 7 heteroatoms. The standard InChI is InChI=1S/C12H21N5O2/c1-15(8-11-13-9-14-16(11)2)6-10(18)7-17-5-3-4-12(17)19/h9-10,18H,3-8H2,1-2H3. The van der Waals surface area contributed by atoms with Crippen LogP contribution in [0.15, 0.2) is 6.33 Å². The van der Waals surface area contributed by atoms with Gasteiger partial charge in [0, 0.05) is 33.1 Å². The Kier molecular flexibility index (Phi) is 4.49. The van der Waals surface area contributed by atoms with Crippen molar-refractivity contribution < 1.29 is 9.90 Å². The van der Waals surface area contributed by atoms with Gasteiger partial charge < -0.3 is 10.0 Å². The summed E-state index contributed by atoms with van der Waals surface area (Å²) < 4.78 is 1.72. The minimum atomic E-state index is -0.528. The van der Waals surface area contributed by atoms with E-state index in [1.807, 2.05) is 19.0 Å². The molecule has 19 heavy (non-hydrogen) atoms. The summed E-state index contributed by atoms with van der Waals surface area (Å²) in [6.45, 7) is 2.32. The lowest BCUT2D eigenvalue weighted by Gasteiger charge is -2.24. The molecule has 0 saturated carbocycles. The molecule has 1 amide bonds. The average molecular weight is 267 g/mol. The monoisotopic (exact) mass is 267 g/mol. The number of aliphatic hydroxyl groups excluding tert-OH is 1. The highest BCUT2D eigenvalue weighted by Gasteiger charge is 2.23. The van der Waals surface area contributed by atoms with Gasteiger partial charge in [-0.05, 0) is 13.5 Å². The molecule has 1 N–H and O–H groups in total. The zero-order valence-electron chi connectivity index (χ0n) is 11.5. The predicted molar refractivity (Wildman–Crippen MR) is 69.2 cm³/mol. The number of rotatable bonds is 6. The average Bonchev–Trinajstić information content (AvgIpc) is 2.90. The van der Waals surface area contributed by atoms with Crippen molar-refractivity contribution in [3.63, 3.8) is 0 Å². The van der Waals surface area contributed by atoms with E-state index in [0.717, 1.165) is 18.8 Å². The van der Waals surface area contributed by atoms with E-state index in [2.05, 4.69) is 10.1 Å². The number of likely N-dealkylation sites (N-methyl/N-ethyl adjacent to an activating group) is 1. The molecule has 1 atom stereocenters. The molecule has 0 bridgehead atoms. The van der Waals surface area contributed by atoms with Crippen LogP contribution >= 0.6 is 0 Å². The van der Waals surface area contributed by atoms with Gasteiger partial charge in [-0.15, -0.1) is 0 Å². The number of hydrogen-bond acceptors (Lipinski definition) is 5. The second-order valence-corrected chi connectivity index (χ2v) is 5.09. The van der Waals surface area contributed by atoms with E-state index in [-0.39, 0.29) is 5.91 Å². The number of nitrogens with zero attached hydrogens (tertiary/aromatic N) is 5. The van der Waals surface area contributed by atoms with Crippen LogP contribution in [-0.4, -0.2) is 68.4 Å². The molecule has 2 rings (SSSR count). The molecule has 0 aliphatic carbocycles. The van der Waals surface area contributed by atoms with E-state index < -0.39 is 6.10 Å². The summed E-state index contributed by atoms with van der Waals surface area (Å²) in [5, 5.41) is 14.0. The summed E-state index contributed by atoms with van der Waals surface area (Å²) in [6, 6.07) is 0. The molecular formula is C12H21N5O2. The number of likely N-dealkylation sites (tertiary alicyclic amines) is 1. The third-order valence-corrected chi connectivity index (χ3v) is 3.34. The Labute approximate surface area is 112 Å². The van der Waals surface area contributed by atoms with Crippen molar-refractivity contribution in [1.29, 1.82) is 0 Å². The van der Waals surface area contributed by atoms with Crippen molar-refractivity contribution in [2.75, 3.05) is 26.7 Å². The number of aryl methyl sites for hydroxylation is 1. The summed E-state index contributed by atoms with van der Waals surface area (Å²) in [4.78, 5) is 19.3. The quantitative estimate of drug-likeness (QED) is 0.732. The maximum Gasteiger partial charge on any atom is 0.222 e. The van der Waals surface area contributed by atoms with Crippen LogP contribution < -0.4 is 0 Å². The Morgan fingerprint density at radius 2 is 2.37 bits per heavy atom. The lowest BCUT2D eigenvalue weighted by Crippen LogP contribution is -2.39. The van der Waals surface area contributed by atoms with Gasteiger partial charge >= 0.3 is 0 Å². The van der Waals surface area contributed by atoms with Crippen molar-refractivity contribution in [1.82, 2.24) is 24.6 Å². The van der Waals surface area contributed by atoms with Crippen molar-refractivity contribution in [3.05, 3.63) is 12.2 Å². The van der Waals surface area contributed by atoms with E-state index in [0.29, 0.717) is 26.1 Å². The van der Waals surface area contributed by atoms with Crippen LogP contribution in [-0.2, 0) is 18.4 Å². The van der Waals surface area contributed by atoms with Crippen LogP contribution in [0, 0.1) is 0 Å². The molecule has 0 spiro atoms. The Balaban J connectivity index is 1.77. The number of hydrogen-bond donors (Lipinski definition) is 1.